The Labute approximate surface area is 274 Å². The summed E-state index contributed by atoms with van der Waals surface area (Å²) in [6.45, 7) is 16.1. The average molecular weight is 595 g/mol. The number of carboxylic acid groups (broad SMARTS) is 1. The summed E-state index contributed by atoms with van der Waals surface area (Å²) in [5, 5.41) is 41.8. The van der Waals surface area contributed by atoms with Gasteiger partial charge in [0.1, 0.15) is 24.4 Å². The SMILES string of the molecule is C=C1CC[C@H](O[C@@H]2O[C@H](C(=O)[O-])[C@@H](O)[C@H](O)[C@H]2O)CC1=C/C=C1\CCC[C@@]2(C)C1CC[C@@H]2[C@H](C)/C=C/[C@H](C)C(C)C.[Na+]. The number of carbonyl (C=O) groups is 1. The summed E-state index contributed by atoms with van der Waals surface area (Å²) in [5.41, 5.74) is 3.96. The molecular formula is C34H51NaO7. The first-order valence-corrected chi connectivity index (χ1v) is 15.7. The zero-order valence-corrected chi connectivity index (χ0v) is 28.5. The largest absolute Gasteiger partial charge is 1.00 e. The van der Waals surface area contributed by atoms with Crippen LogP contribution in [0.15, 0.2) is 47.6 Å². The van der Waals surface area contributed by atoms with Crippen LogP contribution in [-0.2, 0) is 14.3 Å². The summed E-state index contributed by atoms with van der Waals surface area (Å²) < 4.78 is 11.2. The van der Waals surface area contributed by atoms with Crippen LogP contribution in [0.5, 0.6) is 0 Å². The number of fused-ring (bicyclic) bond motifs is 1. The zero-order valence-electron chi connectivity index (χ0n) is 26.5. The van der Waals surface area contributed by atoms with Gasteiger partial charge in [-0.2, -0.15) is 0 Å². The number of allylic oxidation sites excluding steroid dienone is 6. The van der Waals surface area contributed by atoms with Crippen LogP contribution >= 0.6 is 0 Å². The van der Waals surface area contributed by atoms with Crippen molar-refractivity contribution in [3.05, 3.63) is 47.6 Å². The molecule has 3 N–H and O–H groups in total. The Bertz CT molecular complexity index is 1050. The number of ether oxygens (including phenoxy) is 2. The van der Waals surface area contributed by atoms with Crippen LogP contribution in [0, 0.1) is 35.0 Å². The molecule has 1 heterocycles. The number of rotatable bonds is 8. The van der Waals surface area contributed by atoms with Gasteiger partial charge >= 0.3 is 29.6 Å². The van der Waals surface area contributed by atoms with Gasteiger partial charge in [-0.25, -0.2) is 0 Å². The zero-order chi connectivity index (χ0) is 30.1. The molecule has 4 aliphatic rings. The number of aliphatic hydroxyl groups excluding tert-OH is 3. The predicted octanol–water partition coefficient (Wildman–Crippen LogP) is 1.23. The fourth-order valence-corrected chi connectivity index (χ4v) is 7.69. The van der Waals surface area contributed by atoms with Gasteiger partial charge in [-0.1, -0.05) is 76.6 Å². The number of carbonyl (C=O) groups excluding carboxylic acids is 1. The molecule has 0 radical (unpaired) electrons. The van der Waals surface area contributed by atoms with E-state index in [-0.39, 0.29) is 35.7 Å². The first-order chi connectivity index (χ1) is 19.3. The molecule has 1 aliphatic heterocycles. The Balaban J connectivity index is 0.00000484. The molecule has 0 spiro atoms. The molecule has 4 fully saturated rings. The summed E-state index contributed by atoms with van der Waals surface area (Å²) in [7, 11) is 0. The second-order valence-electron chi connectivity index (χ2n) is 13.7. The number of aliphatic carboxylic acids is 1. The van der Waals surface area contributed by atoms with Crippen LogP contribution in [-0.4, -0.2) is 58.1 Å². The van der Waals surface area contributed by atoms with E-state index in [0.29, 0.717) is 54.3 Å². The molecule has 230 valence electrons. The van der Waals surface area contributed by atoms with Gasteiger partial charge < -0.3 is 34.7 Å². The van der Waals surface area contributed by atoms with E-state index in [1.807, 2.05) is 0 Å². The van der Waals surface area contributed by atoms with Crippen molar-refractivity contribution >= 4 is 5.97 Å². The minimum Gasteiger partial charge on any atom is -0.547 e. The second-order valence-corrected chi connectivity index (χ2v) is 13.7. The summed E-state index contributed by atoms with van der Waals surface area (Å²) in [6, 6.07) is 0. The molecule has 42 heavy (non-hydrogen) atoms. The van der Waals surface area contributed by atoms with Crippen molar-refractivity contribution in [2.24, 2.45) is 35.0 Å². The van der Waals surface area contributed by atoms with Crippen molar-refractivity contribution < 1.29 is 64.3 Å². The normalized spacial score (nSPS) is 40.7. The third-order valence-electron chi connectivity index (χ3n) is 10.7. The summed E-state index contributed by atoms with van der Waals surface area (Å²) in [4.78, 5) is 11.4. The first-order valence-electron chi connectivity index (χ1n) is 15.7. The average Bonchev–Trinajstić information content (AvgIpc) is 3.29. The van der Waals surface area contributed by atoms with E-state index in [1.165, 1.54) is 31.3 Å². The molecule has 7 nitrogen and oxygen atoms in total. The summed E-state index contributed by atoms with van der Waals surface area (Å²) in [6.07, 6.45) is 8.79. The number of hydrogen-bond acceptors (Lipinski definition) is 7. The maximum absolute atomic E-state index is 11.4. The molecule has 3 aliphatic carbocycles. The number of hydrogen-bond donors (Lipinski definition) is 3. The summed E-state index contributed by atoms with van der Waals surface area (Å²) >= 11 is 0. The van der Waals surface area contributed by atoms with Crippen LogP contribution in [0.4, 0.5) is 0 Å². The second kappa shape index (κ2) is 15.0. The van der Waals surface area contributed by atoms with Gasteiger partial charge in [0.05, 0.1) is 12.1 Å². The molecule has 0 aromatic rings. The van der Waals surface area contributed by atoms with Crippen molar-refractivity contribution in [1.29, 1.82) is 0 Å². The van der Waals surface area contributed by atoms with Gasteiger partial charge in [-0.15, -0.1) is 0 Å². The van der Waals surface area contributed by atoms with Gasteiger partial charge in [0.2, 0.25) is 0 Å². The van der Waals surface area contributed by atoms with Gasteiger partial charge in [0.25, 0.3) is 0 Å². The third-order valence-corrected chi connectivity index (χ3v) is 10.7. The van der Waals surface area contributed by atoms with Gasteiger partial charge in [-0.05, 0) is 91.9 Å². The molecule has 4 rings (SSSR count). The van der Waals surface area contributed by atoms with Crippen LogP contribution < -0.4 is 34.7 Å². The van der Waals surface area contributed by atoms with Crippen molar-refractivity contribution in [1.82, 2.24) is 0 Å². The fourth-order valence-electron chi connectivity index (χ4n) is 7.69. The fraction of sp³-hybridized carbons (Fsp3) is 0.735. The van der Waals surface area contributed by atoms with E-state index >= 15 is 0 Å². The molecule has 3 saturated carbocycles. The minimum atomic E-state index is -1.79. The van der Waals surface area contributed by atoms with Crippen LogP contribution in [0.25, 0.3) is 0 Å². The van der Waals surface area contributed by atoms with Crippen molar-refractivity contribution in [3.63, 3.8) is 0 Å². The molecule has 8 heteroatoms. The Morgan fingerprint density at radius 2 is 1.76 bits per heavy atom. The maximum atomic E-state index is 11.4. The van der Waals surface area contributed by atoms with Crippen LogP contribution in [0.2, 0.25) is 0 Å². The monoisotopic (exact) mass is 594 g/mol. The van der Waals surface area contributed by atoms with Gasteiger partial charge in [0, 0.05) is 0 Å². The van der Waals surface area contributed by atoms with E-state index < -0.39 is 36.7 Å². The first kappa shape index (κ1) is 35.7. The molecular weight excluding hydrogens is 543 g/mol. The van der Waals surface area contributed by atoms with E-state index in [0.717, 1.165) is 17.6 Å². The quantitative estimate of drug-likeness (QED) is 0.286. The molecule has 0 aromatic heterocycles. The Hall–Kier alpha value is -0.770. The molecule has 0 amide bonds. The topological polar surface area (TPSA) is 119 Å². The standard InChI is InChI=1S/C34H52O7.Na/c1-19(2)20(3)9-10-22(5)26-15-16-27-23(8-7-17-34(26,27)6)12-13-24-18-25(14-11-21(24)4)40-33-30(37)28(35)29(36)31(41-33)32(38)39;/h9-10,12-13,19-20,22,25-31,33,35-37H,4,7-8,11,14-18H2,1-3,5-6H3,(H,38,39);/q;+1/p-1/b10-9+,23-12+,24-13?;/t20-,22+,25-,26+,27?,28-,29-,30+,31-,33+,34+;/m0./s1. The van der Waals surface area contributed by atoms with Gasteiger partial charge in [0.15, 0.2) is 6.29 Å². The minimum absolute atomic E-state index is 0. The smallest absolute Gasteiger partial charge is 0.547 e. The Morgan fingerprint density at radius 3 is 2.43 bits per heavy atom. The van der Waals surface area contributed by atoms with E-state index in [9.17, 15) is 25.2 Å². The maximum Gasteiger partial charge on any atom is 1.00 e. The molecule has 0 aromatic carbocycles. The van der Waals surface area contributed by atoms with E-state index in [4.69, 9.17) is 9.47 Å². The predicted molar refractivity (Wildman–Crippen MR) is 156 cm³/mol. The van der Waals surface area contributed by atoms with Crippen LogP contribution in [0.3, 0.4) is 0 Å². The van der Waals surface area contributed by atoms with Crippen molar-refractivity contribution in [2.75, 3.05) is 0 Å². The van der Waals surface area contributed by atoms with Crippen molar-refractivity contribution in [2.45, 2.75) is 123 Å². The van der Waals surface area contributed by atoms with Crippen molar-refractivity contribution in [3.8, 4) is 0 Å². The molecule has 0 bridgehead atoms. The number of carboxylic acids is 1. The molecule has 1 unspecified atom stereocenters. The van der Waals surface area contributed by atoms with Crippen LogP contribution in [0.1, 0.15) is 86.0 Å². The number of aliphatic hydroxyl groups is 3. The van der Waals surface area contributed by atoms with E-state index in [2.05, 4.69) is 65.5 Å². The molecule has 1 saturated heterocycles. The summed E-state index contributed by atoms with van der Waals surface area (Å²) in [5.74, 6) is 1.41. The van der Waals surface area contributed by atoms with E-state index in [1.54, 1.807) is 0 Å². The Kier molecular flexibility index (Phi) is 12.8. The Morgan fingerprint density at radius 1 is 1.05 bits per heavy atom. The third kappa shape index (κ3) is 7.71. The molecule has 11 atom stereocenters. The van der Waals surface area contributed by atoms with Gasteiger partial charge in [-0.3, -0.25) is 0 Å².